The van der Waals surface area contributed by atoms with Crippen molar-refractivity contribution in [2.24, 2.45) is 0 Å². The predicted molar refractivity (Wildman–Crippen MR) is 136 cm³/mol. The van der Waals surface area contributed by atoms with Crippen molar-refractivity contribution < 1.29 is 19.0 Å². The van der Waals surface area contributed by atoms with Crippen LogP contribution >= 0.6 is 0 Å². The Kier molecular flexibility index (Phi) is 8.24. The molecule has 1 aromatic heterocycles. The molecule has 0 N–H and O–H groups in total. The molecule has 0 fully saturated rings. The maximum absolute atomic E-state index is 11.0. The van der Waals surface area contributed by atoms with Gasteiger partial charge in [-0.15, -0.1) is 0 Å². The van der Waals surface area contributed by atoms with E-state index in [1.54, 1.807) is 6.07 Å². The topological polar surface area (TPSA) is 61.6 Å². The van der Waals surface area contributed by atoms with Crippen LogP contribution in [-0.4, -0.2) is 40.5 Å². The van der Waals surface area contributed by atoms with E-state index in [4.69, 9.17) is 14.3 Å². The van der Waals surface area contributed by atoms with Crippen molar-refractivity contribution >= 4 is 41.1 Å². The number of nitrogens with zero attached hydrogens (tertiary/aromatic N) is 1. The van der Waals surface area contributed by atoms with Crippen molar-refractivity contribution in [3.8, 4) is 28.3 Å². The van der Waals surface area contributed by atoms with E-state index in [2.05, 4.69) is 29.2 Å². The van der Waals surface area contributed by atoms with Crippen LogP contribution in [0.2, 0.25) is 0 Å². The molecular weight excluding hydrogens is 449 g/mol. The van der Waals surface area contributed by atoms with Gasteiger partial charge in [-0.2, -0.15) is 0 Å². The molecule has 5 rings (SSSR count). The van der Waals surface area contributed by atoms with Gasteiger partial charge in [0.15, 0.2) is 11.5 Å². The third kappa shape index (κ3) is 5.93. The van der Waals surface area contributed by atoms with Gasteiger partial charge in [-0.3, -0.25) is 9.78 Å². The first kappa shape index (κ1) is 25.0. The molecule has 0 amide bonds. The number of rotatable bonds is 7. The predicted octanol–water partition coefficient (Wildman–Crippen LogP) is 6.66. The zero-order valence-electron chi connectivity index (χ0n) is 20.0. The first-order valence-electron chi connectivity index (χ1n) is 11.4. The standard InChI is InChI=1S/C29H25NO4.Na/c1-20(31)33-34-25-16-8-10-21(19-25)18-24-15-9-17-26(24)29-30-27(22-11-4-2-5-12-22)28(32-29)23-13-6-3-7-14-23;/h2-8,10-14,16,19H,9,15,17-18H2,1H3;. The fourth-order valence-corrected chi connectivity index (χ4v) is 4.35. The Bertz CT molecular complexity index is 1270. The minimum absolute atomic E-state index is 0. The summed E-state index contributed by atoms with van der Waals surface area (Å²) in [7, 11) is 0. The van der Waals surface area contributed by atoms with E-state index >= 15 is 0 Å². The first-order chi connectivity index (χ1) is 16.7. The molecule has 0 bridgehead atoms. The van der Waals surface area contributed by atoms with Crippen LogP contribution in [0.4, 0.5) is 0 Å². The number of allylic oxidation sites excluding steroid dienone is 2. The summed E-state index contributed by atoms with van der Waals surface area (Å²) >= 11 is 0. The van der Waals surface area contributed by atoms with Gasteiger partial charge >= 0.3 is 5.97 Å². The number of aromatic nitrogens is 1. The fourth-order valence-electron chi connectivity index (χ4n) is 4.35. The summed E-state index contributed by atoms with van der Waals surface area (Å²) in [6.07, 6.45) is 3.75. The Hall–Kier alpha value is -3.12. The summed E-state index contributed by atoms with van der Waals surface area (Å²) in [4.78, 5) is 25.8. The van der Waals surface area contributed by atoms with Crippen LogP contribution in [0.15, 0.2) is 94.9 Å². The van der Waals surface area contributed by atoms with Gasteiger partial charge in [0.2, 0.25) is 5.89 Å². The zero-order chi connectivity index (χ0) is 23.3. The van der Waals surface area contributed by atoms with Gasteiger partial charge in [0.05, 0.1) is 0 Å². The third-order valence-electron chi connectivity index (χ3n) is 5.87. The SMILES string of the molecule is CC(=O)OOc1cccc(CC2=C(c3nc(-c4ccccc4)c(-c4ccccc4)o3)CCC2)c1.[Na]. The van der Waals surface area contributed by atoms with Crippen LogP contribution in [0.5, 0.6) is 5.75 Å². The molecule has 1 radical (unpaired) electrons. The van der Waals surface area contributed by atoms with Crippen molar-refractivity contribution in [3.05, 3.63) is 102 Å². The van der Waals surface area contributed by atoms with Crippen LogP contribution in [0.1, 0.15) is 37.6 Å². The van der Waals surface area contributed by atoms with Gasteiger partial charge in [-0.1, -0.05) is 78.4 Å². The molecule has 0 unspecified atom stereocenters. The average Bonchev–Trinajstić information content (AvgIpc) is 3.51. The number of carbonyl (C=O) groups is 1. The Morgan fingerprint density at radius 1 is 0.914 bits per heavy atom. The molecule has 3 aromatic carbocycles. The molecule has 4 aromatic rings. The van der Waals surface area contributed by atoms with Crippen LogP contribution in [-0.2, 0) is 16.1 Å². The minimum atomic E-state index is -0.487. The third-order valence-corrected chi connectivity index (χ3v) is 5.87. The molecular formula is C29H25NNaO4. The van der Waals surface area contributed by atoms with Crippen LogP contribution in [0.25, 0.3) is 28.2 Å². The van der Waals surface area contributed by atoms with Crippen molar-refractivity contribution in [1.29, 1.82) is 0 Å². The number of oxazole rings is 1. The van der Waals surface area contributed by atoms with E-state index < -0.39 is 5.97 Å². The van der Waals surface area contributed by atoms with E-state index in [0.717, 1.165) is 53.8 Å². The van der Waals surface area contributed by atoms with Crippen molar-refractivity contribution in [2.45, 2.75) is 32.6 Å². The summed E-state index contributed by atoms with van der Waals surface area (Å²) in [5.74, 6) is 1.50. The number of carbonyl (C=O) groups excluding carboxylic acids is 1. The molecule has 5 nitrogen and oxygen atoms in total. The van der Waals surface area contributed by atoms with E-state index in [1.807, 2.05) is 54.6 Å². The van der Waals surface area contributed by atoms with Gasteiger partial charge in [-0.05, 0) is 43.4 Å². The summed E-state index contributed by atoms with van der Waals surface area (Å²) in [5.41, 5.74) is 6.47. The molecule has 0 saturated heterocycles. The Morgan fingerprint density at radius 3 is 2.34 bits per heavy atom. The summed E-state index contributed by atoms with van der Waals surface area (Å²) in [6.45, 7) is 1.31. The second kappa shape index (κ2) is 11.5. The van der Waals surface area contributed by atoms with Crippen LogP contribution in [0, 0.1) is 0 Å². The Balaban J connectivity index is 0.00000289. The second-order valence-corrected chi connectivity index (χ2v) is 8.35. The van der Waals surface area contributed by atoms with E-state index in [0.29, 0.717) is 11.6 Å². The van der Waals surface area contributed by atoms with Crippen molar-refractivity contribution in [1.82, 2.24) is 4.98 Å². The molecule has 0 spiro atoms. The quantitative estimate of drug-likeness (QED) is 0.170. The van der Waals surface area contributed by atoms with Gasteiger partial charge in [0.25, 0.3) is 0 Å². The molecule has 0 aliphatic heterocycles. The van der Waals surface area contributed by atoms with Crippen molar-refractivity contribution in [2.75, 3.05) is 0 Å². The fraction of sp³-hybridized carbons (Fsp3) is 0.172. The molecule has 35 heavy (non-hydrogen) atoms. The summed E-state index contributed by atoms with van der Waals surface area (Å²) in [5, 5.41) is 0. The molecule has 1 aliphatic rings. The molecule has 171 valence electrons. The van der Waals surface area contributed by atoms with E-state index in [1.165, 1.54) is 18.1 Å². The molecule has 1 heterocycles. The minimum Gasteiger partial charge on any atom is -0.436 e. The number of hydrogen-bond acceptors (Lipinski definition) is 5. The molecule has 0 atom stereocenters. The van der Waals surface area contributed by atoms with E-state index in [-0.39, 0.29) is 29.6 Å². The van der Waals surface area contributed by atoms with Crippen LogP contribution < -0.4 is 4.89 Å². The largest absolute Gasteiger partial charge is 0.436 e. The van der Waals surface area contributed by atoms with Crippen molar-refractivity contribution in [3.63, 3.8) is 0 Å². The smallest absolute Gasteiger partial charge is 0.352 e. The zero-order valence-corrected chi connectivity index (χ0v) is 22.0. The summed E-state index contributed by atoms with van der Waals surface area (Å²) < 4.78 is 6.44. The maximum atomic E-state index is 11.0. The maximum Gasteiger partial charge on any atom is 0.352 e. The van der Waals surface area contributed by atoms with E-state index in [9.17, 15) is 4.79 Å². The van der Waals surface area contributed by atoms with Gasteiger partial charge in [0.1, 0.15) is 5.69 Å². The molecule has 6 heteroatoms. The molecule has 0 saturated carbocycles. The molecule has 1 aliphatic carbocycles. The van der Waals surface area contributed by atoms with Gasteiger partial charge in [-0.25, -0.2) is 9.78 Å². The van der Waals surface area contributed by atoms with Crippen LogP contribution in [0.3, 0.4) is 0 Å². The second-order valence-electron chi connectivity index (χ2n) is 8.35. The van der Waals surface area contributed by atoms with Gasteiger partial charge in [0, 0.05) is 53.2 Å². The Labute approximate surface area is 227 Å². The van der Waals surface area contributed by atoms with Gasteiger partial charge < -0.3 is 4.42 Å². The average molecular weight is 475 g/mol. The Morgan fingerprint density at radius 2 is 1.63 bits per heavy atom. The normalized spacial score (nSPS) is 12.8. The number of hydrogen-bond donors (Lipinski definition) is 0. The summed E-state index contributed by atoms with van der Waals surface area (Å²) in [6, 6.07) is 27.9. The monoisotopic (exact) mass is 474 g/mol. The number of benzene rings is 3. The first-order valence-corrected chi connectivity index (χ1v) is 11.4.